The number of likely N-dealkylation sites (N-methyl/N-ethyl adjacent to an activating group) is 1. The van der Waals surface area contributed by atoms with Crippen LogP contribution in [0.25, 0.3) is 0 Å². The first-order valence-corrected chi connectivity index (χ1v) is 7.74. The number of rotatable bonds is 6. The number of ether oxygens (including phenoxy) is 1. The van der Waals surface area contributed by atoms with E-state index in [0.29, 0.717) is 5.69 Å². The first-order chi connectivity index (χ1) is 10.8. The molecule has 0 spiro atoms. The van der Waals surface area contributed by atoms with Crippen molar-refractivity contribution < 1.29 is 27.6 Å². The van der Waals surface area contributed by atoms with Crippen LogP contribution in [-0.2, 0) is 11.3 Å². The van der Waals surface area contributed by atoms with E-state index in [2.05, 4.69) is 10.1 Å². The molecule has 0 saturated heterocycles. The van der Waals surface area contributed by atoms with Gasteiger partial charge in [0.1, 0.15) is 12.3 Å². The second-order valence-corrected chi connectivity index (χ2v) is 5.84. The summed E-state index contributed by atoms with van der Waals surface area (Å²) >= 11 is 1.60. The average Bonchev–Trinajstić information content (AvgIpc) is 2.91. The van der Waals surface area contributed by atoms with Crippen molar-refractivity contribution in [3.05, 3.63) is 46.7 Å². The molecule has 2 rings (SSSR count). The number of benzene rings is 1. The van der Waals surface area contributed by atoms with Gasteiger partial charge < -0.3 is 15.0 Å². The maximum Gasteiger partial charge on any atom is 0.573 e. The summed E-state index contributed by atoms with van der Waals surface area (Å²) in [4.78, 5) is 12.9. The molecule has 23 heavy (non-hydrogen) atoms. The predicted molar refractivity (Wildman–Crippen MR) is 81.5 cm³/mol. The van der Waals surface area contributed by atoms with Gasteiger partial charge in [0.25, 0.3) is 5.91 Å². The van der Waals surface area contributed by atoms with Gasteiger partial charge in [0.15, 0.2) is 6.54 Å². The van der Waals surface area contributed by atoms with Crippen LogP contribution < -0.4 is 15.0 Å². The second kappa shape index (κ2) is 7.47. The van der Waals surface area contributed by atoms with E-state index in [-0.39, 0.29) is 18.2 Å². The Balaban J connectivity index is 1.82. The first kappa shape index (κ1) is 17.3. The Kier molecular flexibility index (Phi) is 5.62. The van der Waals surface area contributed by atoms with Crippen LogP contribution in [0.1, 0.15) is 5.56 Å². The van der Waals surface area contributed by atoms with Crippen molar-refractivity contribution in [2.75, 3.05) is 18.9 Å². The third-order valence-corrected chi connectivity index (χ3v) is 3.65. The number of carbonyl (C=O) groups is 1. The molecule has 1 amide bonds. The van der Waals surface area contributed by atoms with Crippen LogP contribution in [0, 0.1) is 0 Å². The van der Waals surface area contributed by atoms with E-state index in [4.69, 9.17) is 0 Å². The number of alkyl halides is 3. The zero-order chi connectivity index (χ0) is 16.9. The van der Waals surface area contributed by atoms with Crippen LogP contribution in [0.15, 0.2) is 41.1 Å². The lowest BCUT2D eigenvalue weighted by Gasteiger charge is -2.13. The van der Waals surface area contributed by atoms with Crippen LogP contribution >= 0.6 is 11.3 Å². The average molecular weight is 345 g/mol. The highest BCUT2D eigenvalue weighted by molar-refractivity contribution is 7.07. The van der Waals surface area contributed by atoms with E-state index < -0.39 is 6.36 Å². The highest BCUT2D eigenvalue weighted by atomic mass is 32.1. The van der Waals surface area contributed by atoms with Crippen molar-refractivity contribution in [3.63, 3.8) is 0 Å². The Bertz CT molecular complexity index is 627. The number of carbonyl (C=O) groups excluding carboxylic acids is 1. The maximum atomic E-state index is 12.1. The van der Waals surface area contributed by atoms with Crippen molar-refractivity contribution in [1.82, 2.24) is 0 Å². The van der Waals surface area contributed by atoms with E-state index in [1.54, 1.807) is 11.3 Å². The van der Waals surface area contributed by atoms with Crippen molar-refractivity contribution >= 4 is 22.9 Å². The number of halogens is 3. The molecule has 0 aliphatic rings. The molecule has 0 saturated carbocycles. The first-order valence-electron chi connectivity index (χ1n) is 6.80. The minimum Gasteiger partial charge on any atom is -0.406 e. The molecule has 4 nitrogen and oxygen atoms in total. The molecule has 1 aromatic carbocycles. The summed E-state index contributed by atoms with van der Waals surface area (Å²) in [6.07, 6.45) is -4.72. The van der Waals surface area contributed by atoms with Gasteiger partial charge >= 0.3 is 6.36 Å². The molecule has 1 aromatic heterocycles. The fraction of sp³-hybridized carbons (Fsp3) is 0.267. The lowest BCUT2D eigenvalue weighted by molar-refractivity contribution is -0.885. The van der Waals surface area contributed by atoms with E-state index >= 15 is 0 Å². The summed E-state index contributed by atoms with van der Waals surface area (Å²) in [5, 5.41) is 6.66. The Morgan fingerprint density at radius 2 is 1.96 bits per heavy atom. The largest absolute Gasteiger partial charge is 0.573 e. The maximum absolute atomic E-state index is 12.1. The summed E-state index contributed by atoms with van der Waals surface area (Å²) < 4.78 is 39.9. The third kappa shape index (κ3) is 6.29. The zero-order valence-electron chi connectivity index (χ0n) is 12.3. The third-order valence-electron chi connectivity index (χ3n) is 2.92. The Labute approximate surface area is 135 Å². The molecule has 0 radical (unpaired) electrons. The van der Waals surface area contributed by atoms with Gasteiger partial charge in [-0.1, -0.05) is 0 Å². The zero-order valence-corrected chi connectivity index (χ0v) is 13.1. The summed E-state index contributed by atoms with van der Waals surface area (Å²) in [6, 6.07) is 7.06. The fourth-order valence-corrected chi connectivity index (χ4v) is 2.69. The summed E-state index contributed by atoms with van der Waals surface area (Å²) in [6.45, 7) is 0.992. The number of anilines is 1. The molecule has 2 aromatic rings. The monoisotopic (exact) mass is 345 g/mol. The quantitative estimate of drug-likeness (QED) is 0.844. The summed E-state index contributed by atoms with van der Waals surface area (Å²) in [7, 11) is 1.90. The molecule has 0 aliphatic carbocycles. The molecule has 1 heterocycles. The topological polar surface area (TPSA) is 42.8 Å². The van der Waals surface area contributed by atoms with Crippen LogP contribution in [0.5, 0.6) is 5.75 Å². The summed E-state index contributed by atoms with van der Waals surface area (Å²) in [5.41, 5.74) is 1.59. The Morgan fingerprint density at radius 3 is 2.52 bits per heavy atom. The predicted octanol–water partition coefficient (Wildman–Crippen LogP) is 2.30. The van der Waals surface area contributed by atoms with E-state index in [1.165, 1.54) is 12.1 Å². The molecule has 0 bridgehead atoms. The van der Waals surface area contributed by atoms with Crippen LogP contribution in [0.2, 0.25) is 0 Å². The number of thiophene rings is 1. The normalized spacial score (nSPS) is 12.7. The van der Waals surface area contributed by atoms with E-state index in [1.807, 2.05) is 23.9 Å². The number of amides is 1. The molecule has 8 heteroatoms. The van der Waals surface area contributed by atoms with Gasteiger partial charge in [-0.15, -0.1) is 13.2 Å². The Hall–Kier alpha value is -2.06. The van der Waals surface area contributed by atoms with Crippen molar-refractivity contribution in [2.45, 2.75) is 12.9 Å². The fourth-order valence-electron chi connectivity index (χ4n) is 2.02. The van der Waals surface area contributed by atoms with E-state index in [9.17, 15) is 18.0 Å². The summed E-state index contributed by atoms with van der Waals surface area (Å²) in [5.74, 6) is -0.530. The number of hydrogen-bond donors (Lipinski definition) is 2. The number of hydrogen-bond acceptors (Lipinski definition) is 3. The molecule has 0 aliphatic heterocycles. The minimum absolute atomic E-state index is 0.206. The highest BCUT2D eigenvalue weighted by Crippen LogP contribution is 2.23. The van der Waals surface area contributed by atoms with Gasteiger partial charge in [0, 0.05) is 11.3 Å². The van der Waals surface area contributed by atoms with Gasteiger partial charge in [-0.2, -0.15) is 11.3 Å². The highest BCUT2D eigenvalue weighted by Gasteiger charge is 2.30. The molecule has 2 N–H and O–H groups in total. The molecule has 124 valence electrons. The number of nitrogens with one attached hydrogen (secondary N) is 2. The standard InChI is InChI=1S/C15H15F3N2O2S/c1-20(8-11-6-7-23-10-11)9-14(21)19-12-2-4-13(5-3-12)22-15(16,17)18/h2-7,10H,8-9H2,1H3,(H,19,21)/p+1. The van der Waals surface area contributed by atoms with Gasteiger partial charge in [-0.05, 0) is 41.1 Å². The Morgan fingerprint density at radius 1 is 1.26 bits per heavy atom. The van der Waals surface area contributed by atoms with Gasteiger partial charge in [0.05, 0.1) is 7.05 Å². The van der Waals surface area contributed by atoms with Crippen molar-refractivity contribution in [2.24, 2.45) is 0 Å². The van der Waals surface area contributed by atoms with E-state index in [0.717, 1.165) is 29.1 Å². The molecular formula is C15H16F3N2O2S+. The number of quaternary nitrogens is 1. The van der Waals surface area contributed by atoms with Crippen LogP contribution in [0.4, 0.5) is 18.9 Å². The van der Waals surface area contributed by atoms with Crippen LogP contribution in [-0.4, -0.2) is 25.9 Å². The SMILES string of the molecule is C[NH+](CC(=O)Nc1ccc(OC(F)(F)F)cc1)Cc1ccsc1. The molecular weight excluding hydrogens is 329 g/mol. The van der Waals surface area contributed by atoms with Crippen LogP contribution in [0.3, 0.4) is 0 Å². The van der Waals surface area contributed by atoms with Gasteiger partial charge in [-0.25, -0.2) is 0 Å². The lowest BCUT2D eigenvalue weighted by Crippen LogP contribution is -3.08. The minimum atomic E-state index is -4.72. The second-order valence-electron chi connectivity index (χ2n) is 5.06. The molecule has 1 unspecified atom stereocenters. The van der Waals surface area contributed by atoms with Crippen molar-refractivity contribution in [1.29, 1.82) is 0 Å². The molecule has 1 atom stereocenters. The van der Waals surface area contributed by atoms with Gasteiger partial charge in [-0.3, -0.25) is 4.79 Å². The van der Waals surface area contributed by atoms with Crippen molar-refractivity contribution in [3.8, 4) is 5.75 Å². The molecule has 0 fully saturated rings. The lowest BCUT2D eigenvalue weighted by atomic mass is 10.3. The smallest absolute Gasteiger partial charge is 0.406 e. The van der Waals surface area contributed by atoms with Gasteiger partial charge in [0.2, 0.25) is 0 Å².